The summed E-state index contributed by atoms with van der Waals surface area (Å²) in [7, 11) is 1.50. The number of nitrogens with one attached hydrogen (secondary N) is 1. The first-order valence-electron chi connectivity index (χ1n) is 7.46. The lowest BCUT2D eigenvalue weighted by molar-refractivity contribution is 0.0194. The summed E-state index contributed by atoms with van der Waals surface area (Å²) < 4.78 is 24.5. The van der Waals surface area contributed by atoms with Crippen LogP contribution in [0.2, 0.25) is 5.02 Å². The molecule has 0 radical (unpaired) electrons. The summed E-state index contributed by atoms with van der Waals surface area (Å²) in [6, 6.07) is 2.47. The zero-order valence-corrected chi connectivity index (χ0v) is 14.5. The highest BCUT2D eigenvalue weighted by molar-refractivity contribution is 6.31. The maximum absolute atomic E-state index is 13.8. The van der Waals surface area contributed by atoms with Crippen LogP contribution in [0.4, 0.5) is 9.18 Å². The average molecular weight is 345 g/mol. The normalized spacial score (nSPS) is 18.7. The van der Waals surface area contributed by atoms with E-state index >= 15 is 0 Å². The Balaban J connectivity index is 2.22. The van der Waals surface area contributed by atoms with E-state index in [9.17, 15) is 9.18 Å². The van der Waals surface area contributed by atoms with Gasteiger partial charge in [-0.25, -0.2) is 9.18 Å². The summed E-state index contributed by atoms with van der Waals surface area (Å²) in [5.41, 5.74) is -0.0477. The molecule has 2 rings (SSSR count). The van der Waals surface area contributed by atoms with E-state index in [1.165, 1.54) is 19.2 Å². The smallest absolute Gasteiger partial charge is 0.410 e. The molecule has 1 fully saturated rings. The van der Waals surface area contributed by atoms with Gasteiger partial charge in [0.05, 0.1) is 18.2 Å². The predicted molar refractivity (Wildman–Crippen MR) is 86.5 cm³/mol. The number of halogens is 2. The Bertz CT molecular complexity index is 589. The Kier molecular flexibility index (Phi) is 5.37. The highest BCUT2D eigenvalue weighted by Crippen LogP contribution is 2.35. The van der Waals surface area contributed by atoms with Crippen LogP contribution in [0.5, 0.6) is 5.75 Å². The molecule has 0 bridgehead atoms. The van der Waals surface area contributed by atoms with Gasteiger partial charge >= 0.3 is 6.09 Å². The van der Waals surface area contributed by atoms with Crippen molar-refractivity contribution in [1.29, 1.82) is 0 Å². The monoisotopic (exact) mass is 344 g/mol. The van der Waals surface area contributed by atoms with Crippen LogP contribution in [0.25, 0.3) is 0 Å². The second-order valence-corrected chi connectivity index (χ2v) is 6.79. The molecular weight excluding hydrogens is 323 g/mol. The van der Waals surface area contributed by atoms with Crippen molar-refractivity contribution in [2.75, 3.05) is 26.7 Å². The van der Waals surface area contributed by atoms with Gasteiger partial charge < -0.3 is 19.7 Å². The van der Waals surface area contributed by atoms with Crippen LogP contribution < -0.4 is 10.1 Å². The SMILES string of the molecule is COc1ccc(F)c(Cl)c1C1CN(C(=O)OC(C)(C)C)CCN1. The molecular formula is C16H22ClFN2O3. The van der Waals surface area contributed by atoms with Crippen LogP contribution in [0.1, 0.15) is 32.4 Å². The molecule has 1 saturated heterocycles. The van der Waals surface area contributed by atoms with Crippen LogP contribution in [0, 0.1) is 5.82 Å². The third-order valence-corrected chi connectivity index (χ3v) is 3.87. The minimum Gasteiger partial charge on any atom is -0.496 e. The van der Waals surface area contributed by atoms with Gasteiger partial charge in [-0.3, -0.25) is 0 Å². The molecule has 1 unspecified atom stereocenters. The van der Waals surface area contributed by atoms with Crippen molar-refractivity contribution in [2.45, 2.75) is 32.4 Å². The van der Waals surface area contributed by atoms with E-state index in [-0.39, 0.29) is 11.1 Å². The molecule has 128 valence electrons. The second-order valence-electron chi connectivity index (χ2n) is 6.41. The van der Waals surface area contributed by atoms with Gasteiger partial charge in [-0.2, -0.15) is 0 Å². The molecule has 0 aliphatic carbocycles. The first-order valence-corrected chi connectivity index (χ1v) is 7.84. The van der Waals surface area contributed by atoms with Crippen LogP contribution >= 0.6 is 11.6 Å². The minimum atomic E-state index is -0.564. The molecule has 1 aromatic rings. The topological polar surface area (TPSA) is 50.8 Å². The van der Waals surface area contributed by atoms with E-state index in [4.69, 9.17) is 21.1 Å². The van der Waals surface area contributed by atoms with Crippen LogP contribution in [0.15, 0.2) is 12.1 Å². The lowest BCUT2D eigenvalue weighted by Gasteiger charge is -2.35. The average Bonchev–Trinajstić information content (AvgIpc) is 2.48. The van der Waals surface area contributed by atoms with Crippen LogP contribution in [-0.4, -0.2) is 43.3 Å². The first kappa shape index (κ1) is 17.8. The third-order valence-electron chi connectivity index (χ3n) is 3.49. The Morgan fingerprint density at radius 3 is 2.74 bits per heavy atom. The van der Waals surface area contributed by atoms with E-state index in [0.29, 0.717) is 30.9 Å². The zero-order chi connectivity index (χ0) is 17.2. The molecule has 1 N–H and O–H groups in total. The van der Waals surface area contributed by atoms with Crippen molar-refractivity contribution in [3.63, 3.8) is 0 Å². The van der Waals surface area contributed by atoms with Crippen molar-refractivity contribution in [2.24, 2.45) is 0 Å². The molecule has 0 saturated carbocycles. The number of piperazine rings is 1. The fourth-order valence-electron chi connectivity index (χ4n) is 2.49. The maximum Gasteiger partial charge on any atom is 0.410 e. The summed E-state index contributed by atoms with van der Waals surface area (Å²) >= 11 is 6.11. The highest BCUT2D eigenvalue weighted by Gasteiger charge is 2.31. The van der Waals surface area contributed by atoms with E-state index in [0.717, 1.165) is 0 Å². The Morgan fingerprint density at radius 1 is 1.43 bits per heavy atom. The molecule has 0 spiro atoms. The maximum atomic E-state index is 13.8. The largest absolute Gasteiger partial charge is 0.496 e. The Morgan fingerprint density at radius 2 is 2.13 bits per heavy atom. The summed E-state index contributed by atoms with van der Waals surface area (Å²) in [6.45, 7) is 6.85. The van der Waals surface area contributed by atoms with Gasteiger partial charge in [-0.05, 0) is 32.9 Å². The summed E-state index contributed by atoms with van der Waals surface area (Å²) in [4.78, 5) is 13.8. The van der Waals surface area contributed by atoms with E-state index in [1.807, 2.05) is 20.8 Å². The number of methoxy groups -OCH3 is 1. The van der Waals surface area contributed by atoms with Gasteiger partial charge in [0.15, 0.2) is 0 Å². The van der Waals surface area contributed by atoms with Crippen molar-refractivity contribution >= 4 is 17.7 Å². The van der Waals surface area contributed by atoms with E-state index in [2.05, 4.69) is 5.32 Å². The number of nitrogens with zero attached hydrogens (tertiary/aromatic N) is 1. The molecule has 1 aromatic carbocycles. The predicted octanol–water partition coefficient (Wildman–Crippen LogP) is 3.37. The van der Waals surface area contributed by atoms with E-state index in [1.54, 1.807) is 4.90 Å². The van der Waals surface area contributed by atoms with Crippen LogP contribution in [-0.2, 0) is 4.74 Å². The number of hydrogen-bond donors (Lipinski definition) is 1. The van der Waals surface area contributed by atoms with Crippen molar-refractivity contribution < 1.29 is 18.7 Å². The molecule has 1 atom stereocenters. The number of rotatable bonds is 2. The van der Waals surface area contributed by atoms with Gasteiger partial charge in [0.1, 0.15) is 17.2 Å². The summed E-state index contributed by atoms with van der Waals surface area (Å²) in [5, 5.41) is 3.25. The van der Waals surface area contributed by atoms with E-state index < -0.39 is 17.5 Å². The van der Waals surface area contributed by atoms with Crippen molar-refractivity contribution in [1.82, 2.24) is 10.2 Å². The van der Waals surface area contributed by atoms with Gasteiger partial charge in [0, 0.05) is 25.2 Å². The molecule has 7 heteroatoms. The fraction of sp³-hybridized carbons (Fsp3) is 0.562. The van der Waals surface area contributed by atoms with Crippen LogP contribution in [0.3, 0.4) is 0 Å². The molecule has 5 nitrogen and oxygen atoms in total. The number of carbonyl (C=O) groups is 1. The minimum absolute atomic E-state index is 0.00730. The van der Waals surface area contributed by atoms with Crippen molar-refractivity contribution in [3.05, 3.63) is 28.5 Å². The Hall–Kier alpha value is -1.53. The molecule has 1 amide bonds. The number of benzene rings is 1. The Labute approximate surface area is 140 Å². The summed E-state index contributed by atoms with van der Waals surface area (Å²) in [6.07, 6.45) is -0.393. The van der Waals surface area contributed by atoms with Gasteiger partial charge in [-0.1, -0.05) is 11.6 Å². The molecule has 0 aromatic heterocycles. The number of hydrogen-bond acceptors (Lipinski definition) is 4. The third kappa shape index (κ3) is 4.26. The molecule has 1 aliphatic rings. The number of amides is 1. The number of carbonyl (C=O) groups excluding carboxylic acids is 1. The zero-order valence-electron chi connectivity index (χ0n) is 13.8. The molecule has 1 aliphatic heterocycles. The van der Waals surface area contributed by atoms with Crippen molar-refractivity contribution in [3.8, 4) is 5.75 Å². The lowest BCUT2D eigenvalue weighted by atomic mass is 10.0. The second kappa shape index (κ2) is 6.93. The highest BCUT2D eigenvalue weighted by atomic mass is 35.5. The standard InChI is InChI=1S/C16H22ClFN2O3/c1-16(2,3)23-15(21)20-8-7-19-11(9-20)13-12(22-4)6-5-10(18)14(13)17/h5-6,11,19H,7-9H2,1-4H3. The molecule has 1 heterocycles. The lowest BCUT2D eigenvalue weighted by Crippen LogP contribution is -2.49. The van der Waals surface area contributed by atoms with Gasteiger partial charge in [0.2, 0.25) is 0 Å². The first-order chi connectivity index (χ1) is 10.7. The van der Waals surface area contributed by atoms with Gasteiger partial charge in [-0.15, -0.1) is 0 Å². The summed E-state index contributed by atoms with van der Waals surface area (Å²) in [5.74, 6) is -0.0291. The quantitative estimate of drug-likeness (QED) is 0.893. The fourth-order valence-corrected chi connectivity index (χ4v) is 2.77. The molecule has 23 heavy (non-hydrogen) atoms. The van der Waals surface area contributed by atoms with Gasteiger partial charge in [0.25, 0.3) is 0 Å². The number of ether oxygens (including phenoxy) is 2.